The van der Waals surface area contributed by atoms with Crippen molar-refractivity contribution < 1.29 is 0 Å². The molecule has 0 saturated carbocycles. The van der Waals surface area contributed by atoms with Gasteiger partial charge in [0.25, 0.3) is 0 Å². The number of thiazole rings is 1. The molecule has 1 fully saturated rings. The SMILES string of the molecule is CC(C)c1nc2ccc(CC3CCCCN3)cc2s1. The maximum atomic E-state index is 4.70. The maximum absolute atomic E-state index is 4.70. The van der Waals surface area contributed by atoms with Crippen LogP contribution in [0.2, 0.25) is 0 Å². The summed E-state index contributed by atoms with van der Waals surface area (Å²) < 4.78 is 1.34. The van der Waals surface area contributed by atoms with E-state index in [1.165, 1.54) is 41.1 Å². The fourth-order valence-electron chi connectivity index (χ4n) is 2.74. The molecule has 1 aliphatic heterocycles. The van der Waals surface area contributed by atoms with Crippen molar-refractivity contribution in [3.8, 4) is 0 Å². The van der Waals surface area contributed by atoms with Gasteiger partial charge >= 0.3 is 0 Å². The molecule has 0 radical (unpaired) electrons. The second-order valence-corrected chi connectivity index (χ2v) is 6.92. The second-order valence-electron chi connectivity index (χ2n) is 5.86. The van der Waals surface area contributed by atoms with Crippen LogP contribution in [-0.4, -0.2) is 17.6 Å². The molecule has 1 atom stereocenters. The first-order valence-electron chi connectivity index (χ1n) is 7.35. The van der Waals surface area contributed by atoms with Crippen LogP contribution in [0.5, 0.6) is 0 Å². The van der Waals surface area contributed by atoms with Crippen LogP contribution >= 0.6 is 11.3 Å². The highest BCUT2D eigenvalue weighted by Crippen LogP contribution is 2.28. The van der Waals surface area contributed by atoms with Crippen LogP contribution in [0.25, 0.3) is 10.2 Å². The van der Waals surface area contributed by atoms with Crippen LogP contribution in [0.4, 0.5) is 0 Å². The molecule has 2 heterocycles. The van der Waals surface area contributed by atoms with Gasteiger partial charge in [-0.2, -0.15) is 0 Å². The predicted octanol–water partition coefficient (Wildman–Crippen LogP) is 4.10. The van der Waals surface area contributed by atoms with Gasteiger partial charge in [-0.15, -0.1) is 11.3 Å². The van der Waals surface area contributed by atoms with E-state index in [1.54, 1.807) is 0 Å². The van der Waals surface area contributed by atoms with E-state index in [2.05, 4.69) is 37.4 Å². The Labute approximate surface area is 119 Å². The van der Waals surface area contributed by atoms with Crippen LogP contribution < -0.4 is 5.32 Å². The molecule has 1 aromatic carbocycles. The van der Waals surface area contributed by atoms with Gasteiger partial charge < -0.3 is 5.32 Å². The third-order valence-electron chi connectivity index (χ3n) is 3.86. The summed E-state index contributed by atoms with van der Waals surface area (Å²) in [6.45, 7) is 5.61. The summed E-state index contributed by atoms with van der Waals surface area (Å²) in [5.41, 5.74) is 2.61. The first-order valence-corrected chi connectivity index (χ1v) is 8.17. The molecule has 3 heteroatoms. The monoisotopic (exact) mass is 274 g/mol. The summed E-state index contributed by atoms with van der Waals surface area (Å²) in [7, 11) is 0. The first kappa shape index (κ1) is 13.1. The molecule has 2 aromatic rings. The second kappa shape index (κ2) is 5.59. The van der Waals surface area contributed by atoms with Gasteiger partial charge in [0.15, 0.2) is 0 Å². The van der Waals surface area contributed by atoms with Crippen molar-refractivity contribution in [2.75, 3.05) is 6.54 Å². The normalized spacial score (nSPS) is 20.3. The number of hydrogen-bond acceptors (Lipinski definition) is 3. The van der Waals surface area contributed by atoms with Gasteiger partial charge in [0.2, 0.25) is 0 Å². The zero-order valence-corrected chi connectivity index (χ0v) is 12.6. The van der Waals surface area contributed by atoms with Crippen molar-refractivity contribution in [3.63, 3.8) is 0 Å². The Bertz CT molecular complexity index is 553. The van der Waals surface area contributed by atoms with Gasteiger partial charge in [0.05, 0.1) is 15.2 Å². The number of rotatable bonds is 3. The van der Waals surface area contributed by atoms with Crippen molar-refractivity contribution in [2.24, 2.45) is 0 Å². The predicted molar refractivity (Wildman–Crippen MR) is 83.1 cm³/mol. The lowest BCUT2D eigenvalue weighted by Gasteiger charge is -2.23. The van der Waals surface area contributed by atoms with Crippen molar-refractivity contribution >= 4 is 21.6 Å². The molecule has 1 aromatic heterocycles. The Morgan fingerprint density at radius 1 is 1.37 bits per heavy atom. The molecule has 1 aliphatic rings. The maximum Gasteiger partial charge on any atom is 0.0963 e. The summed E-state index contributed by atoms with van der Waals surface area (Å²) >= 11 is 1.85. The lowest BCUT2D eigenvalue weighted by molar-refractivity contribution is 0.399. The van der Waals surface area contributed by atoms with Gasteiger partial charge in [0, 0.05) is 12.0 Å². The minimum Gasteiger partial charge on any atom is -0.314 e. The third-order valence-corrected chi connectivity index (χ3v) is 5.18. The fourth-order valence-corrected chi connectivity index (χ4v) is 3.78. The highest BCUT2D eigenvalue weighted by molar-refractivity contribution is 7.18. The molecule has 1 saturated heterocycles. The summed E-state index contributed by atoms with van der Waals surface area (Å²) in [5, 5.41) is 4.88. The van der Waals surface area contributed by atoms with Crippen LogP contribution in [0.1, 0.15) is 49.6 Å². The molecule has 3 rings (SSSR count). The van der Waals surface area contributed by atoms with E-state index in [9.17, 15) is 0 Å². The van der Waals surface area contributed by atoms with Gasteiger partial charge in [-0.05, 0) is 43.5 Å². The Hall–Kier alpha value is -0.930. The van der Waals surface area contributed by atoms with E-state index < -0.39 is 0 Å². The van der Waals surface area contributed by atoms with E-state index in [1.807, 2.05) is 11.3 Å². The summed E-state index contributed by atoms with van der Waals surface area (Å²) in [6.07, 6.45) is 5.18. The minimum atomic E-state index is 0.529. The largest absolute Gasteiger partial charge is 0.314 e. The van der Waals surface area contributed by atoms with E-state index >= 15 is 0 Å². The standard InChI is InChI=1S/C16H22N2S/c1-11(2)16-18-14-7-6-12(10-15(14)19-16)9-13-5-3-4-8-17-13/h6-7,10-11,13,17H,3-5,8-9H2,1-2H3. The van der Waals surface area contributed by atoms with E-state index in [-0.39, 0.29) is 0 Å². The Kier molecular flexibility index (Phi) is 3.85. The van der Waals surface area contributed by atoms with Crippen LogP contribution in [0.3, 0.4) is 0 Å². The minimum absolute atomic E-state index is 0.529. The summed E-state index contributed by atoms with van der Waals surface area (Å²) in [5.74, 6) is 0.529. The number of benzene rings is 1. The molecule has 0 bridgehead atoms. The molecule has 0 spiro atoms. The number of piperidine rings is 1. The number of nitrogens with zero attached hydrogens (tertiary/aromatic N) is 1. The summed E-state index contributed by atoms with van der Waals surface area (Å²) in [6, 6.07) is 7.46. The van der Waals surface area contributed by atoms with Crippen LogP contribution in [-0.2, 0) is 6.42 Å². The molecule has 1 unspecified atom stereocenters. The van der Waals surface area contributed by atoms with Gasteiger partial charge in [-0.25, -0.2) is 4.98 Å². The number of nitrogens with one attached hydrogen (secondary N) is 1. The number of fused-ring (bicyclic) bond motifs is 1. The highest BCUT2D eigenvalue weighted by Gasteiger charge is 2.14. The van der Waals surface area contributed by atoms with Gasteiger partial charge in [-0.1, -0.05) is 26.3 Å². The van der Waals surface area contributed by atoms with Crippen molar-refractivity contribution in [1.82, 2.24) is 10.3 Å². The van der Waals surface area contributed by atoms with Gasteiger partial charge in [-0.3, -0.25) is 0 Å². The molecule has 2 nitrogen and oxygen atoms in total. The van der Waals surface area contributed by atoms with Crippen LogP contribution in [0, 0.1) is 0 Å². The molecule has 0 aliphatic carbocycles. The smallest absolute Gasteiger partial charge is 0.0963 e. The zero-order valence-electron chi connectivity index (χ0n) is 11.8. The summed E-state index contributed by atoms with van der Waals surface area (Å²) in [4.78, 5) is 4.70. The Morgan fingerprint density at radius 2 is 2.26 bits per heavy atom. The molecular formula is C16H22N2S. The van der Waals surface area contributed by atoms with Crippen molar-refractivity contribution in [2.45, 2.75) is 51.5 Å². The number of aromatic nitrogens is 1. The van der Waals surface area contributed by atoms with Crippen molar-refractivity contribution in [3.05, 3.63) is 28.8 Å². The quantitative estimate of drug-likeness (QED) is 0.911. The number of hydrogen-bond donors (Lipinski definition) is 1. The zero-order chi connectivity index (χ0) is 13.2. The van der Waals surface area contributed by atoms with Crippen molar-refractivity contribution in [1.29, 1.82) is 0 Å². The highest BCUT2D eigenvalue weighted by atomic mass is 32.1. The topological polar surface area (TPSA) is 24.9 Å². The third kappa shape index (κ3) is 2.98. The molecule has 1 N–H and O–H groups in total. The average Bonchev–Trinajstić information content (AvgIpc) is 2.83. The van der Waals surface area contributed by atoms with E-state index in [0.717, 1.165) is 11.9 Å². The first-order chi connectivity index (χ1) is 9.22. The van der Waals surface area contributed by atoms with E-state index in [0.29, 0.717) is 12.0 Å². The molecular weight excluding hydrogens is 252 g/mol. The van der Waals surface area contributed by atoms with Gasteiger partial charge in [0.1, 0.15) is 0 Å². The molecule has 19 heavy (non-hydrogen) atoms. The fraction of sp³-hybridized carbons (Fsp3) is 0.562. The molecule has 0 amide bonds. The van der Waals surface area contributed by atoms with E-state index in [4.69, 9.17) is 4.98 Å². The Morgan fingerprint density at radius 3 is 3.00 bits per heavy atom. The molecule has 102 valence electrons. The van der Waals surface area contributed by atoms with Crippen LogP contribution in [0.15, 0.2) is 18.2 Å². The lowest BCUT2D eigenvalue weighted by Crippen LogP contribution is -2.35. The lowest BCUT2D eigenvalue weighted by atomic mass is 9.98. The average molecular weight is 274 g/mol. The Balaban J connectivity index is 1.80.